The predicted octanol–water partition coefficient (Wildman–Crippen LogP) is 1.59. The fraction of sp³-hybridized carbons (Fsp3) is 0.364. The summed E-state index contributed by atoms with van der Waals surface area (Å²) in [7, 11) is 1.76. The minimum atomic E-state index is -0.654. The number of amides is 1. The van der Waals surface area contributed by atoms with Crippen LogP contribution in [0.1, 0.15) is 17.3 Å². The van der Waals surface area contributed by atoms with Crippen molar-refractivity contribution in [1.29, 1.82) is 0 Å². The van der Waals surface area contributed by atoms with Gasteiger partial charge in [0.15, 0.2) is 0 Å². The first-order chi connectivity index (χ1) is 8.47. The van der Waals surface area contributed by atoms with Gasteiger partial charge in [0.05, 0.1) is 4.92 Å². The van der Waals surface area contributed by atoms with Crippen molar-refractivity contribution in [2.75, 3.05) is 13.6 Å². The van der Waals surface area contributed by atoms with Crippen molar-refractivity contribution in [3.63, 3.8) is 0 Å². The number of hydrogen-bond acceptors (Lipinski definition) is 4. The summed E-state index contributed by atoms with van der Waals surface area (Å²) in [4.78, 5) is 22.1. The summed E-state index contributed by atoms with van der Waals surface area (Å²) in [5.74, 6) is -0.508. The molecule has 6 nitrogen and oxygen atoms in total. The van der Waals surface area contributed by atoms with E-state index in [1.165, 1.54) is 18.2 Å². The van der Waals surface area contributed by atoms with E-state index in [1.54, 1.807) is 7.05 Å². The van der Waals surface area contributed by atoms with Crippen molar-refractivity contribution >= 4 is 23.2 Å². The lowest BCUT2D eigenvalue weighted by Gasteiger charge is -2.11. The third kappa shape index (κ3) is 3.41. The third-order valence-corrected chi connectivity index (χ3v) is 2.78. The molecule has 1 atom stereocenters. The first-order valence-corrected chi connectivity index (χ1v) is 5.73. The van der Waals surface area contributed by atoms with Crippen LogP contribution in [0.3, 0.4) is 0 Å². The molecule has 0 saturated carbocycles. The summed E-state index contributed by atoms with van der Waals surface area (Å²) in [5.41, 5.74) is -0.399. The molecule has 2 N–H and O–H groups in total. The molecule has 0 aromatic heterocycles. The van der Waals surface area contributed by atoms with Crippen molar-refractivity contribution < 1.29 is 9.72 Å². The van der Waals surface area contributed by atoms with Gasteiger partial charge in [-0.05, 0) is 26.1 Å². The van der Waals surface area contributed by atoms with Gasteiger partial charge >= 0.3 is 5.69 Å². The van der Waals surface area contributed by atoms with Gasteiger partial charge in [0, 0.05) is 12.6 Å². The third-order valence-electron chi connectivity index (χ3n) is 2.48. The van der Waals surface area contributed by atoms with E-state index in [0.717, 1.165) is 0 Å². The Morgan fingerprint density at radius 3 is 2.78 bits per heavy atom. The van der Waals surface area contributed by atoms with E-state index in [2.05, 4.69) is 10.6 Å². The second-order valence-corrected chi connectivity index (χ2v) is 4.20. The van der Waals surface area contributed by atoms with Crippen LogP contribution in [0.25, 0.3) is 0 Å². The van der Waals surface area contributed by atoms with Crippen molar-refractivity contribution in [3.05, 3.63) is 38.9 Å². The lowest BCUT2D eigenvalue weighted by molar-refractivity contribution is -0.385. The van der Waals surface area contributed by atoms with Gasteiger partial charge in [0.2, 0.25) is 0 Å². The van der Waals surface area contributed by atoms with E-state index in [4.69, 9.17) is 11.6 Å². The summed E-state index contributed by atoms with van der Waals surface area (Å²) in [5, 5.41) is 16.4. The molecular formula is C11H14ClN3O3. The Kier molecular flexibility index (Phi) is 5.06. The molecule has 0 radical (unpaired) electrons. The maximum Gasteiger partial charge on any atom is 0.300 e. The molecule has 0 saturated heterocycles. The van der Waals surface area contributed by atoms with E-state index in [0.29, 0.717) is 6.54 Å². The Bertz CT molecular complexity index is 465. The van der Waals surface area contributed by atoms with E-state index >= 15 is 0 Å². The summed E-state index contributed by atoms with van der Waals surface area (Å²) in [6.07, 6.45) is 0. The monoisotopic (exact) mass is 271 g/mol. The van der Waals surface area contributed by atoms with Crippen molar-refractivity contribution in [3.8, 4) is 0 Å². The lowest BCUT2D eigenvalue weighted by atomic mass is 10.1. The van der Waals surface area contributed by atoms with Crippen LogP contribution < -0.4 is 10.6 Å². The van der Waals surface area contributed by atoms with Gasteiger partial charge in [-0.25, -0.2) is 0 Å². The minimum Gasteiger partial charge on any atom is -0.350 e. The number of carbonyl (C=O) groups is 1. The normalized spacial score (nSPS) is 11.9. The van der Waals surface area contributed by atoms with Crippen molar-refractivity contribution in [1.82, 2.24) is 10.6 Å². The van der Waals surface area contributed by atoms with Crippen molar-refractivity contribution in [2.24, 2.45) is 0 Å². The average Bonchev–Trinajstić information content (AvgIpc) is 2.34. The zero-order chi connectivity index (χ0) is 13.7. The molecule has 0 aliphatic carbocycles. The number of nitrogens with one attached hydrogen (secondary N) is 2. The van der Waals surface area contributed by atoms with Crippen LogP contribution in [0.2, 0.25) is 5.02 Å². The Labute approximate surface area is 109 Å². The molecule has 0 heterocycles. The van der Waals surface area contributed by atoms with Crippen LogP contribution in [-0.4, -0.2) is 30.5 Å². The Morgan fingerprint density at radius 1 is 1.56 bits per heavy atom. The molecular weight excluding hydrogens is 258 g/mol. The molecule has 1 amide bonds. The zero-order valence-corrected chi connectivity index (χ0v) is 10.8. The number of para-hydroxylation sites is 1. The lowest BCUT2D eigenvalue weighted by Crippen LogP contribution is -2.37. The standard InChI is InChI=1S/C11H14ClN3O3/c1-7(13-2)6-14-11(16)8-4-3-5-9(12)10(8)15(17)18/h3-5,7,13H,6H2,1-2H3,(H,14,16). The molecule has 0 aliphatic heterocycles. The highest BCUT2D eigenvalue weighted by Crippen LogP contribution is 2.27. The molecule has 0 fully saturated rings. The zero-order valence-electron chi connectivity index (χ0n) is 10.1. The Balaban J connectivity index is 2.92. The van der Waals surface area contributed by atoms with Gasteiger partial charge in [-0.1, -0.05) is 17.7 Å². The molecule has 18 heavy (non-hydrogen) atoms. The topological polar surface area (TPSA) is 84.3 Å². The molecule has 98 valence electrons. The number of rotatable bonds is 5. The molecule has 7 heteroatoms. The molecule has 1 unspecified atom stereocenters. The van der Waals surface area contributed by atoms with Crippen LogP contribution in [0, 0.1) is 10.1 Å². The largest absolute Gasteiger partial charge is 0.350 e. The van der Waals surface area contributed by atoms with E-state index in [9.17, 15) is 14.9 Å². The summed E-state index contributed by atoms with van der Waals surface area (Å²) in [6, 6.07) is 4.34. The van der Waals surface area contributed by atoms with Gasteiger partial charge in [-0.3, -0.25) is 14.9 Å². The average molecular weight is 272 g/mol. The van der Waals surface area contributed by atoms with Crippen LogP contribution >= 0.6 is 11.6 Å². The maximum absolute atomic E-state index is 11.8. The molecule has 1 aromatic rings. The number of likely N-dealkylation sites (N-methyl/N-ethyl adjacent to an activating group) is 1. The summed E-state index contributed by atoms with van der Waals surface area (Å²) < 4.78 is 0. The second-order valence-electron chi connectivity index (χ2n) is 3.79. The highest BCUT2D eigenvalue weighted by molar-refractivity contribution is 6.33. The fourth-order valence-electron chi connectivity index (χ4n) is 1.33. The quantitative estimate of drug-likeness (QED) is 0.629. The SMILES string of the molecule is CNC(C)CNC(=O)c1cccc(Cl)c1[N+](=O)[O-]. The number of nitro benzene ring substituents is 1. The number of benzene rings is 1. The van der Waals surface area contributed by atoms with Gasteiger partial charge in [-0.15, -0.1) is 0 Å². The summed E-state index contributed by atoms with van der Waals surface area (Å²) >= 11 is 5.72. The number of hydrogen-bond donors (Lipinski definition) is 2. The number of halogens is 1. The van der Waals surface area contributed by atoms with Crippen LogP contribution in [0.5, 0.6) is 0 Å². The Morgan fingerprint density at radius 2 is 2.22 bits per heavy atom. The van der Waals surface area contributed by atoms with Crippen molar-refractivity contribution in [2.45, 2.75) is 13.0 Å². The molecule has 0 spiro atoms. The van der Waals surface area contributed by atoms with E-state index < -0.39 is 10.8 Å². The highest BCUT2D eigenvalue weighted by Gasteiger charge is 2.23. The number of nitro groups is 1. The highest BCUT2D eigenvalue weighted by atomic mass is 35.5. The first kappa shape index (κ1) is 14.4. The number of carbonyl (C=O) groups excluding carboxylic acids is 1. The van der Waals surface area contributed by atoms with Crippen LogP contribution in [-0.2, 0) is 0 Å². The van der Waals surface area contributed by atoms with E-state index in [1.807, 2.05) is 6.92 Å². The molecule has 0 bridgehead atoms. The first-order valence-electron chi connectivity index (χ1n) is 5.35. The smallest absolute Gasteiger partial charge is 0.300 e. The van der Waals surface area contributed by atoms with E-state index in [-0.39, 0.29) is 22.3 Å². The van der Waals surface area contributed by atoms with Gasteiger partial charge in [-0.2, -0.15) is 0 Å². The van der Waals surface area contributed by atoms with Gasteiger partial charge in [0.25, 0.3) is 5.91 Å². The van der Waals surface area contributed by atoms with Gasteiger partial charge < -0.3 is 10.6 Å². The second kappa shape index (κ2) is 6.32. The summed E-state index contributed by atoms with van der Waals surface area (Å²) in [6.45, 7) is 2.26. The van der Waals surface area contributed by atoms with Crippen LogP contribution in [0.15, 0.2) is 18.2 Å². The van der Waals surface area contributed by atoms with Crippen LogP contribution in [0.4, 0.5) is 5.69 Å². The molecule has 1 rings (SSSR count). The number of nitrogens with zero attached hydrogens (tertiary/aromatic N) is 1. The predicted molar refractivity (Wildman–Crippen MR) is 69.0 cm³/mol. The Hall–Kier alpha value is -1.66. The maximum atomic E-state index is 11.8. The molecule has 1 aromatic carbocycles. The molecule has 0 aliphatic rings. The van der Waals surface area contributed by atoms with Gasteiger partial charge in [0.1, 0.15) is 10.6 Å². The fourth-order valence-corrected chi connectivity index (χ4v) is 1.57. The minimum absolute atomic E-state index is 0.0317.